The van der Waals surface area contributed by atoms with E-state index < -0.39 is 117 Å². The number of hydrogen-bond donors (Lipinski definition) is 0. The van der Waals surface area contributed by atoms with Crippen LogP contribution in [-0.4, -0.2) is 52.3 Å². The Hall–Kier alpha value is -2.51. The zero-order valence-corrected chi connectivity index (χ0v) is 18.3. The Balaban J connectivity index is 2.56. The number of halogens is 14. The van der Waals surface area contributed by atoms with Gasteiger partial charge in [0.25, 0.3) is 9.84 Å². The minimum absolute atomic E-state index is 2.52. The molecule has 0 aromatic heterocycles. The van der Waals surface area contributed by atoms with Crippen molar-refractivity contribution >= 4 is 25.5 Å². The Morgan fingerprint density at radius 2 is 1.11 bits per heavy atom. The van der Waals surface area contributed by atoms with E-state index in [0.717, 1.165) is 0 Å². The molecule has 0 radical (unpaired) electrons. The van der Waals surface area contributed by atoms with Gasteiger partial charge >= 0.3 is 5.51 Å². The maximum absolute atomic E-state index is 15.0. The van der Waals surface area contributed by atoms with Gasteiger partial charge in [-0.2, -0.15) is 13.2 Å². The molecule has 0 N–H and O–H groups in total. The van der Waals surface area contributed by atoms with Crippen molar-refractivity contribution in [3.8, 4) is 0 Å². The fraction of sp³-hybridized carbons (Fsp3) is 0.353. The normalized spacial score (nSPS) is 28.6. The Labute approximate surface area is 196 Å². The van der Waals surface area contributed by atoms with Gasteiger partial charge in [0, 0.05) is 0 Å². The Morgan fingerprint density at radius 3 is 1.54 bits per heavy atom. The van der Waals surface area contributed by atoms with Crippen molar-refractivity contribution < 1.29 is 78.3 Å². The molecule has 3 rings (SSSR count). The van der Waals surface area contributed by atoms with E-state index in [-0.39, 0.29) is 0 Å². The third-order valence-electron chi connectivity index (χ3n) is 5.25. The van der Waals surface area contributed by atoms with E-state index in [1.54, 1.807) is 0 Å². The summed E-state index contributed by atoms with van der Waals surface area (Å²) in [5, 5.41) is -4.09. The highest BCUT2D eigenvalue weighted by Gasteiger charge is 2.63. The summed E-state index contributed by atoms with van der Waals surface area (Å²) < 4.78 is 240. The van der Waals surface area contributed by atoms with Gasteiger partial charge in [0.15, 0.2) is 46.2 Å². The van der Waals surface area contributed by atoms with Crippen LogP contribution in [0.2, 0.25) is 0 Å². The first-order valence-corrected chi connectivity index (χ1v) is 12.0. The summed E-state index contributed by atoms with van der Waals surface area (Å²) in [7, 11) is -15.0. The lowest BCUT2D eigenvalue weighted by atomic mass is 9.89. The van der Waals surface area contributed by atoms with Gasteiger partial charge in [-0.3, -0.25) is 8.78 Å². The zero-order valence-electron chi connectivity index (χ0n) is 16.6. The maximum atomic E-state index is 15.0. The summed E-state index contributed by atoms with van der Waals surface area (Å²) in [5.41, 5.74) is -15.5. The molecule has 4 nitrogen and oxygen atoms in total. The van der Waals surface area contributed by atoms with E-state index in [2.05, 4.69) is 0 Å². The van der Waals surface area contributed by atoms with Gasteiger partial charge < -0.3 is 0 Å². The molecule has 0 saturated heterocycles. The van der Waals surface area contributed by atoms with Crippen LogP contribution in [0.1, 0.15) is 11.1 Å². The van der Waals surface area contributed by atoms with Crippen LogP contribution in [-0.2, 0) is 19.7 Å². The second kappa shape index (κ2) is 8.77. The summed E-state index contributed by atoms with van der Waals surface area (Å²) >= 11 is 0. The van der Waals surface area contributed by atoms with E-state index in [9.17, 15) is 73.9 Å². The summed E-state index contributed by atoms with van der Waals surface area (Å²) in [6, 6.07) is 0. The number of benzene rings is 1. The summed E-state index contributed by atoms with van der Waals surface area (Å²) in [4.78, 5) is 0. The van der Waals surface area contributed by atoms with Crippen molar-refractivity contribution in [3.63, 3.8) is 0 Å². The van der Waals surface area contributed by atoms with Gasteiger partial charge in [-0.15, -0.1) is 0 Å². The van der Waals surface area contributed by atoms with E-state index in [1.165, 1.54) is 0 Å². The first-order valence-electron chi connectivity index (χ1n) is 8.94. The molecular weight excluding hydrogens is 598 g/mol. The minimum atomic E-state index is -7.82. The number of rotatable bonds is 3. The number of hydrogen-bond acceptors (Lipinski definition) is 4. The van der Waals surface area contributed by atoms with Crippen LogP contribution < -0.4 is 0 Å². The van der Waals surface area contributed by atoms with Gasteiger partial charge in [-0.05, 0) is 16.7 Å². The van der Waals surface area contributed by atoms with Crippen molar-refractivity contribution in [1.29, 1.82) is 0 Å². The van der Waals surface area contributed by atoms with Crippen molar-refractivity contribution in [2.24, 2.45) is 0 Å². The highest BCUT2D eigenvalue weighted by molar-refractivity contribution is 8.15. The highest BCUT2D eigenvalue weighted by Crippen LogP contribution is 2.52. The fourth-order valence-electron chi connectivity index (χ4n) is 3.55. The van der Waals surface area contributed by atoms with Crippen molar-refractivity contribution in [2.75, 3.05) is 0 Å². The lowest BCUT2D eigenvalue weighted by Crippen LogP contribution is -2.41. The van der Waals surface area contributed by atoms with Crippen LogP contribution in [0.5, 0.6) is 0 Å². The average molecular weight is 603 g/mol. The van der Waals surface area contributed by atoms with Crippen LogP contribution >= 0.6 is 0 Å². The summed E-state index contributed by atoms with van der Waals surface area (Å²) in [5.74, 6) is -18.5. The van der Waals surface area contributed by atoms with E-state index in [0.29, 0.717) is 0 Å². The van der Waals surface area contributed by atoms with Gasteiger partial charge in [-0.1, -0.05) is 0 Å². The molecule has 0 amide bonds. The molecule has 0 heterocycles. The number of sulfone groups is 2. The van der Waals surface area contributed by atoms with Crippen molar-refractivity contribution in [2.45, 2.75) is 35.4 Å². The first kappa shape index (κ1) is 29.1. The monoisotopic (exact) mass is 603 g/mol. The molecule has 4 atom stereocenters. The van der Waals surface area contributed by atoms with E-state index >= 15 is 4.39 Å². The first-order chi connectivity index (χ1) is 16.6. The SMILES string of the molecule is O=S(=O)(/C(=C1\C(F)=C(F)c2c(F)c(F)c(F)c(F)c2[C-]1F)S(=O)(=O)C(F)(F)F)C1C(F)C(F)C(F)C1F. The van der Waals surface area contributed by atoms with Crippen molar-refractivity contribution in [1.82, 2.24) is 0 Å². The Kier molecular flexibility index (Phi) is 6.89. The molecule has 0 aliphatic heterocycles. The molecule has 1 fully saturated rings. The van der Waals surface area contributed by atoms with E-state index in [4.69, 9.17) is 0 Å². The Morgan fingerprint density at radius 1 is 0.676 bits per heavy atom. The number of allylic oxidation sites excluding steroid dienone is 2. The molecule has 0 spiro atoms. The summed E-state index contributed by atoms with van der Waals surface area (Å²) in [6.07, 6.45) is -18.9. The molecule has 208 valence electrons. The summed E-state index contributed by atoms with van der Waals surface area (Å²) in [6.45, 7) is 0. The standard InChI is InChI=1S/C17H5F14O4S2/c18-4-1-2(7(21)10(24)9(23)6(1)20)5(19)8(22)3(4)16(37(34,35)17(29,30)31)36(32,33)15-13(27)11(25)12(26)14(15)28/h11-15H/q-1/b16-3+. The van der Waals surface area contributed by atoms with Gasteiger partial charge in [0.1, 0.15) is 26.9 Å². The number of alkyl halides is 7. The largest absolute Gasteiger partial charge is 0.495 e. The zero-order chi connectivity index (χ0) is 28.7. The van der Waals surface area contributed by atoms with Gasteiger partial charge in [0.2, 0.25) is 0 Å². The molecule has 1 aromatic carbocycles. The predicted octanol–water partition coefficient (Wildman–Crippen LogP) is 5.01. The fourth-order valence-corrected chi connectivity index (χ4v) is 7.75. The average Bonchev–Trinajstić information content (AvgIpc) is 2.97. The maximum Gasteiger partial charge on any atom is 0.495 e. The van der Waals surface area contributed by atoms with E-state index in [1.807, 2.05) is 0 Å². The van der Waals surface area contributed by atoms with Gasteiger partial charge in [-0.25, -0.2) is 56.3 Å². The molecule has 20 heteroatoms. The highest BCUT2D eigenvalue weighted by atomic mass is 32.3. The van der Waals surface area contributed by atoms with Crippen LogP contribution in [0.15, 0.2) is 15.6 Å². The molecular formula is C17H5F14O4S2-. The molecule has 1 aromatic rings. The quantitative estimate of drug-likeness (QED) is 0.211. The third kappa shape index (κ3) is 3.88. The molecule has 2 aliphatic carbocycles. The molecule has 4 unspecified atom stereocenters. The van der Waals surface area contributed by atoms with Crippen LogP contribution in [0.4, 0.5) is 61.5 Å². The smallest absolute Gasteiger partial charge is 0.254 e. The Bertz CT molecular complexity index is 1430. The lowest BCUT2D eigenvalue weighted by Gasteiger charge is -2.32. The third-order valence-corrected chi connectivity index (χ3v) is 9.86. The second-order valence-corrected chi connectivity index (χ2v) is 11.5. The lowest BCUT2D eigenvalue weighted by molar-refractivity contribution is -0.0425. The molecule has 0 bridgehead atoms. The van der Waals surface area contributed by atoms with Crippen LogP contribution in [0, 0.1) is 29.4 Å². The minimum Gasteiger partial charge on any atom is -0.254 e. The number of fused-ring (bicyclic) bond motifs is 1. The topological polar surface area (TPSA) is 68.3 Å². The predicted molar refractivity (Wildman–Crippen MR) is 93.2 cm³/mol. The van der Waals surface area contributed by atoms with Crippen LogP contribution in [0.25, 0.3) is 5.83 Å². The molecule has 37 heavy (non-hydrogen) atoms. The second-order valence-electron chi connectivity index (χ2n) is 7.35. The van der Waals surface area contributed by atoms with Crippen LogP contribution in [0.3, 0.4) is 0 Å². The molecule has 1 saturated carbocycles. The molecule has 2 aliphatic rings. The van der Waals surface area contributed by atoms with Gasteiger partial charge in [0.05, 0.1) is 12.0 Å². The van der Waals surface area contributed by atoms with Crippen molar-refractivity contribution in [3.05, 3.63) is 56.2 Å².